The highest BCUT2D eigenvalue weighted by Crippen LogP contribution is 2.20. The van der Waals surface area contributed by atoms with Crippen LogP contribution in [0.25, 0.3) is 21.7 Å². The highest BCUT2D eigenvalue weighted by molar-refractivity contribution is 6.07. The first-order valence-corrected chi connectivity index (χ1v) is 8.14. The van der Waals surface area contributed by atoms with E-state index in [1.54, 1.807) is 18.3 Å². The largest absolute Gasteiger partial charge is 0.384 e. The van der Waals surface area contributed by atoms with Crippen LogP contribution in [0.15, 0.2) is 72.9 Å². The molecule has 0 bridgehead atoms. The lowest BCUT2D eigenvalue weighted by atomic mass is 10.0. The molecule has 0 radical (unpaired) electrons. The van der Waals surface area contributed by atoms with Crippen LogP contribution in [0.3, 0.4) is 0 Å². The van der Waals surface area contributed by atoms with Crippen LogP contribution in [0.1, 0.15) is 15.9 Å². The van der Waals surface area contributed by atoms with E-state index in [2.05, 4.69) is 10.3 Å². The van der Waals surface area contributed by atoms with Gasteiger partial charge in [0, 0.05) is 28.4 Å². The van der Waals surface area contributed by atoms with Crippen LogP contribution in [-0.4, -0.2) is 16.7 Å². The third-order valence-corrected chi connectivity index (χ3v) is 4.27. The standard InChI is InChI=1S/C21H16N4O/c22-20(23)16-5-3-14-11-17(6-4-13(14)10-16)21(26)25-18-7-8-19-15(12-18)2-1-9-24-19/h1-12H,(H3,22,23)(H,25,26). The molecule has 0 saturated carbocycles. The topological polar surface area (TPSA) is 91.9 Å². The lowest BCUT2D eigenvalue weighted by molar-refractivity contribution is 0.102. The third-order valence-electron chi connectivity index (χ3n) is 4.27. The molecule has 0 aliphatic carbocycles. The summed E-state index contributed by atoms with van der Waals surface area (Å²) in [6.45, 7) is 0. The van der Waals surface area contributed by atoms with Gasteiger partial charge in [-0.15, -0.1) is 0 Å². The summed E-state index contributed by atoms with van der Waals surface area (Å²) in [6.07, 6.45) is 1.74. The van der Waals surface area contributed by atoms with Gasteiger partial charge in [0.25, 0.3) is 5.91 Å². The third kappa shape index (κ3) is 2.98. The molecule has 0 spiro atoms. The number of rotatable bonds is 3. The zero-order valence-corrected chi connectivity index (χ0v) is 13.9. The molecule has 1 heterocycles. The van der Waals surface area contributed by atoms with Crippen molar-refractivity contribution in [3.05, 3.63) is 84.1 Å². The number of anilines is 1. The number of fused-ring (bicyclic) bond motifs is 2. The van der Waals surface area contributed by atoms with E-state index in [-0.39, 0.29) is 11.7 Å². The molecule has 0 saturated heterocycles. The van der Waals surface area contributed by atoms with Gasteiger partial charge in [0.1, 0.15) is 5.84 Å². The molecular weight excluding hydrogens is 324 g/mol. The summed E-state index contributed by atoms with van der Waals surface area (Å²) in [4.78, 5) is 16.9. The van der Waals surface area contributed by atoms with Crippen LogP contribution in [-0.2, 0) is 0 Å². The summed E-state index contributed by atoms with van der Waals surface area (Å²) < 4.78 is 0. The van der Waals surface area contributed by atoms with E-state index >= 15 is 0 Å². The fourth-order valence-electron chi connectivity index (χ4n) is 2.91. The molecule has 0 atom stereocenters. The van der Waals surface area contributed by atoms with Crippen LogP contribution in [0.4, 0.5) is 5.69 Å². The summed E-state index contributed by atoms with van der Waals surface area (Å²) in [5.41, 5.74) is 8.37. The van der Waals surface area contributed by atoms with Crippen LogP contribution in [0.5, 0.6) is 0 Å². The average Bonchev–Trinajstić information content (AvgIpc) is 2.67. The molecule has 3 aromatic carbocycles. The van der Waals surface area contributed by atoms with E-state index in [9.17, 15) is 4.79 Å². The monoisotopic (exact) mass is 340 g/mol. The van der Waals surface area contributed by atoms with Gasteiger partial charge < -0.3 is 11.1 Å². The maximum Gasteiger partial charge on any atom is 0.255 e. The summed E-state index contributed by atoms with van der Waals surface area (Å²) in [5.74, 6) is -0.148. The SMILES string of the molecule is N=C(N)c1ccc2cc(C(=O)Nc3ccc4ncccc4c3)ccc2c1. The van der Waals surface area contributed by atoms with Crippen LogP contribution >= 0.6 is 0 Å². The van der Waals surface area contributed by atoms with Crippen LogP contribution < -0.4 is 11.1 Å². The van der Waals surface area contributed by atoms with E-state index in [1.807, 2.05) is 54.6 Å². The fourth-order valence-corrected chi connectivity index (χ4v) is 2.91. The number of nitrogen functional groups attached to an aromatic ring is 1. The molecule has 4 N–H and O–H groups in total. The highest BCUT2D eigenvalue weighted by atomic mass is 16.1. The molecule has 1 amide bonds. The van der Waals surface area contributed by atoms with Gasteiger partial charge in [-0.1, -0.05) is 24.3 Å². The first-order valence-electron chi connectivity index (χ1n) is 8.14. The number of carbonyl (C=O) groups is 1. The zero-order valence-electron chi connectivity index (χ0n) is 13.9. The quantitative estimate of drug-likeness (QED) is 0.390. The van der Waals surface area contributed by atoms with Crippen molar-refractivity contribution >= 4 is 39.1 Å². The number of nitrogens with zero attached hydrogens (tertiary/aromatic N) is 1. The normalized spacial score (nSPS) is 10.8. The molecule has 126 valence electrons. The van der Waals surface area contributed by atoms with E-state index in [0.29, 0.717) is 11.1 Å². The predicted molar refractivity (Wildman–Crippen MR) is 105 cm³/mol. The lowest BCUT2D eigenvalue weighted by Gasteiger charge is -2.08. The van der Waals surface area contributed by atoms with Gasteiger partial charge in [0.05, 0.1) is 5.52 Å². The van der Waals surface area contributed by atoms with Crippen molar-refractivity contribution in [3.63, 3.8) is 0 Å². The van der Waals surface area contributed by atoms with Gasteiger partial charge in [-0.3, -0.25) is 15.2 Å². The van der Waals surface area contributed by atoms with Gasteiger partial charge in [0.15, 0.2) is 0 Å². The highest BCUT2D eigenvalue weighted by Gasteiger charge is 2.08. The number of aromatic nitrogens is 1. The Morgan fingerprint density at radius 2 is 1.62 bits per heavy atom. The first-order chi connectivity index (χ1) is 12.6. The Labute approximate surface area is 150 Å². The summed E-state index contributed by atoms with van der Waals surface area (Å²) >= 11 is 0. The number of carbonyl (C=O) groups excluding carboxylic acids is 1. The van der Waals surface area contributed by atoms with Crippen molar-refractivity contribution in [2.45, 2.75) is 0 Å². The molecule has 26 heavy (non-hydrogen) atoms. The molecule has 0 unspecified atom stereocenters. The van der Waals surface area contributed by atoms with Crippen molar-refractivity contribution in [1.29, 1.82) is 5.41 Å². The van der Waals surface area contributed by atoms with Crippen LogP contribution in [0, 0.1) is 5.41 Å². The summed E-state index contributed by atoms with van der Waals surface area (Å²) in [6, 6.07) is 20.4. The van der Waals surface area contributed by atoms with Crippen LogP contribution in [0.2, 0.25) is 0 Å². The average molecular weight is 340 g/mol. The van der Waals surface area contributed by atoms with Crippen molar-refractivity contribution in [1.82, 2.24) is 4.98 Å². The number of amidine groups is 1. The molecule has 1 aromatic heterocycles. The lowest BCUT2D eigenvalue weighted by Crippen LogP contribution is -2.12. The Balaban J connectivity index is 1.62. The van der Waals surface area contributed by atoms with Crippen molar-refractivity contribution in [3.8, 4) is 0 Å². The van der Waals surface area contributed by atoms with Gasteiger partial charge >= 0.3 is 0 Å². The van der Waals surface area contributed by atoms with Crippen molar-refractivity contribution in [2.24, 2.45) is 5.73 Å². The molecular formula is C21H16N4O. The zero-order chi connectivity index (χ0) is 18.1. The Bertz CT molecular complexity index is 1170. The van der Waals surface area contributed by atoms with Crippen molar-refractivity contribution in [2.75, 3.05) is 5.32 Å². The second-order valence-corrected chi connectivity index (χ2v) is 6.06. The van der Waals surface area contributed by atoms with Gasteiger partial charge in [0.2, 0.25) is 0 Å². The molecule has 4 rings (SSSR count). The Morgan fingerprint density at radius 3 is 2.38 bits per heavy atom. The van der Waals surface area contributed by atoms with E-state index < -0.39 is 0 Å². The second kappa shape index (κ2) is 6.29. The number of nitrogens with two attached hydrogens (primary N) is 1. The second-order valence-electron chi connectivity index (χ2n) is 6.06. The summed E-state index contributed by atoms with van der Waals surface area (Å²) in [7, 11) is 0. The molecule has 5 heteroatoms. The van der Waals surface area contributed by atoms with Gasteiger partial charge in [-0.2, -0.15) is 0 Å². The molecule has 5 nitrogen and oxygen atoms in total. The van der Waals surface area contributed by atoms with E-state index in [0.717, 1.165) is 27.4 Å². The number of pyridine rings is 1. The number of benzene rings is 3. The van der Waals surface area contributed by atoms with Crippen molar-refractivity contribution < 1.29 is 4.79 Å². The Hall–Kier alpha value is -3.73. The minimum Gasteiger partial charge on any atom is -0.384 e. The molecule has 0 aliphatic heterocycles. The number of hydrogen-bond donors (Lipinski definition) is 3. The number of hydrogen-bond acceptors (Lipinski definition) is 3. The molecule has 4 aromatic rings. The maximum atomic E-state index is 12.6. The minimum absolute atomic E-state index is 0.0273. The maximum absolute atomic E-state index is 12.6. The predicted octanol–water partition coefficient (Wildman–Crippen LogP) is 3.92. The smallest absolute Gasteiger partial charge is 0.255 e. The van der Waals surface area contributed by atoms with E-state index in [1.165, 1.54) is 0 Å². The first kappa shape index (κ1) is 15.8. The number of amides is 1. The van der Waals surface area contributed by atoms with Gasteiger partial charge in [-0.25, -0.2) is 0 Å². The fraction of sp³-hybridized carbons (Fsp3) is 0. The Kier molecular flexibility index (Phi) is 3.82. The van der Waals surface area contributed by atoms with Gasteiger partial charge in [-0.05, 0) is 53.2 Å². The Morgan fingerprint density at radius 1 is 0.885 bits per heavy atom. The summed E-state index contributed by atoms with van der Waals surface area (Å²) in [5, 5.41) is 13.3. The minimum atomic E-state index is -0.175. The number of nitrogens with one attached hydrogen (secondary N) is 2. The van der Waals surface area contributed by atoms with E-state index in [4.69, 9.17) is 11.1 Å². The molecule has 0 fully saturated rings. The molecule has 0 aliphatic rings.